The molecule has 0 aliphatic rings. The molecule has 0 saturated carbocycles. The molecule has 84 valence electrons. The van der Waals surface area contributed by atoms with E-state index in [0.717, 1.165) is 37.0 Å². The SMILES string of the molecule is CCNCCN(C)c1nc(C)cc(C)n1. The maximum Gasteiger partial charge on any atom is 0.225 e. The highest BCUT2D eigenvalue weighted by atomic mass is 15.2. The second-order valence-electron chi connectivity index (χ2n) is 3.73. The van der Waals surface area contributed by atoms with Gasteiger partial charge in [0.15, 0.2) is 0 Å². The first-order valence-corrected chi connectivity index (χ1v) is 5.37. The van der Waals surface area contributed by atoms with Gasteiger partial charge in [0.05, 0.1) is 0 Å². The number of hydrogen-bond donors (Lipinski definition) is 1. The van der Waals surface area contributed by atoms with E-state index < -0.39 is 0 Å². The first-order chi connectivity index (χ1) is 7.13. The van der Waals surface area contributed by atoms with Crippen LogP contribution < -0.4 is 10.2 Å². The molecule has 0 fully saturated rings. The van der Waals surface area contributed by atoms with E-state index in [1.165, 1.54) is 0 Å². The van der Waals surface area contributed by atoms with Gasteiger partial charge in [-0.15, -0.1) is 0 Å². The molecule has 0 amide bonds. The number of aromatic nitrogens is 2. The number of nitrogens with one attached hydrogen (secondary N) is 1. The Morgan fingerprint density at radius 3 is 2.40 bits per heavy atom. The molecule has 1 aromatic heterocycles. The zero-order chi connectivity index (χ0) is 11.3. The summed E-state index contributed by atoms with van der Waals surface area (Å²) in [6.07, 6.45) is 0. The van der Waals surface area contributed by atoms with Gasteiger partial charge in [-0.3, -0.25) is 0 Å². The highest BCUT2D eigenvalue weighted by Crippen LogP contribution is 2.07. The number of aryl methyl sites for hydroxylation is 2. The van der Waals surface area contributed by atoms with Gasteiger partial charge in [0.2, 0.25) is 5.95 Å². The molecule has 1 N–H and O–H groups in total. The van der Waals surface area contributed by atoms with Crippen LogP contribution >= 0.6 is 0 Å². The van der Waals surface area contributed by atoms with Crippen molar-refractivity contribution in [2.45, 2.75) is 20.8 Å². The van der Waals surface area contributed by atoms with Crippen LogP contribution in [-0.2, 0) is 0 Å². The topological polar surface area (TPSA) is 41.0 Å². The van der Waals surface area contributed by atoms with E-state index in [2.05, 4.69) is 27.1 Å². The summed E-state index contributed by atoms with van der Waals surface area (Å²) in [4.78, 5) is 10.9. The lowest BCUT2D eigenvalue weighted by atomic mass is 10.3. The molecule has 1 aromatic rings. The number of anilines is 1. The Hall–Kier alpha value is -1.16. The summed E-state index contributed by atoms with van der Waals surface area (Å²) in [5.41, 5.74) is 2.04. The fourth-order valence-corrected chi connectivity index (χ4v) is 1.40. The van der Waals surface area contributed by atoms with Gasteiger partial charge in [0, 0.05) is 31.5 Å². The minimum absolute atomic E-state index is 0.811. The second kappa shape index (κ2) is 5.66. The Kier molecular flexibility index (Phi) is 4.49. The first-order valence-electron chi connectivity index (χ1n) is 5.37. The van der Waals surface area contributed by atoms with Crippen molar-refractivity contribution in [1.82, 2.24) is 15.3 Å². The minimum atomic E-state index is 0.811. The molecule has 4 nitrogen and oxygen atoms in total. The Balaban J connectivity index is 2.60. The highest BCUT2D eigenvalue weighted by Gasteiger charge is 2.04. The molecule has 15 heavy (non-hydrogen) atoms. The Morgan fingerprint density at radius 1 is 1.27 bits per heavy atom. The number of likely N-dealkylation sites (N-methyl/N-ethyl adjacent to an activating group) is 2. The largest absolute Gasteiger partial charge is 0.343 e. The maximum absolute atomic E-state index is 4.40. The summed E-state index contributed by atoms with van der Waals surface area (Å²) in [5.74, 6) is 0.811. The van der Waals surface area contributed by atoms with Gasteiger partial charge in [0.25, 0.3) is 0 Å². The van der Waals surface area contributed by atoms with Crippen molar-refractivity contribution < 1.29 is 0 Å². The monoisotopic (exact) mass is 208 g/mol. The number of rotatable bonds is 5. The average Bonchev–Trinajstić information content (AvgIpc) is 2.16. The molecule has 0 spiro atoms. The molecule has 0 radical (unpaired) electrons. The van der Waals surface area contributed by atoms with Gasteiger partial charge < -0.3 is 10.2 Å². The lowest BCUT2D eigenvalue weighted by molar-refractivity contribution is 0.697. The summed E-state index contributed by atoms with van der Waals surface area (Å²) >= 11 is 0. The third-order valence-electron chi connectivity index (χ3n) is 2.19. The van der Waals surface area contributed by atoms with Crippen molar-refractivity contribution in [3.05, 3.63) is 17.5 Å². The number of hydrogen-bond acceptors (Lipinski definition) is 4. The van der Waals surface area contributed by atoms with E-state index in [-0.39, 0.29) is 0 Å². The Bertz CT molecular complexity index is 291. The van der Waals surface area contributed by atoms with E-state index in [9.17, 15) is 0 Å². The Labute approximate surface area is 91.7 Å². The molecule has 1 rings (SSSR count). The summed E-state index contributed by atoms with van der Waals surface area (Å²) < 4.78 is 0. The van der Waals surface area contributed by atoms with Crippen molar-refractivity contribution in [2.24, 2.45) is 0 Å². The molecule has 0 aliphatic carbocycles. The van der Waals surface area contributed by atoms with Gasteiger partial charge >= 0.3 is 0 Å². The van der Waals surface area contributed by atoms with Gasteiger partial charge in [-0.1, -0.05) is 6.92 Å². The van der Waals surface area contributed by atoms with Crippen molar-refractivity contribution in [1.29, 1.82) is 0 Å². The molecular formula is C11H20N4. The Morgan fingerprint density at radius 2 is 1.87 bits per heavy atom. The standard InChI is InChI=1S/C11H20N4/c1-5-12-6-7-15(4)11-13-9(2)8-10(3)14-11/h8,12H,5-7H2,1-4H3. The van der Waals surface area contributed by atoms with E-state index in [0.29, 0.717) is 0 Å². The minimum Gasteiger partial charge on any atom is -0.343 e. The molecule has 0 aliphatic heterocycles. The van der Waals surface area contributed by atoms with Crippen molar-refractivity contribution in [3.8, 4) is 0 Å². The van der Waals surface area contributed by atoms with Crippen LogP contribution in [0.5, 0.6) is 0 Å². The lowest BCUT2D eigenvalue weighted by Gasteiger charge is -2.17. The smallest absolute Gasteiger partial charge is 0.225 e. The maximum atomic E-state index is 4.40. The quantitative estimate of drug-likeness (QED) is 0.737. The van der Waals surface area contributed by atoms with E-state index in [1.807, 2.05) is 27.0 Å². The predicted octanol–water partition coefficient (Wildman–Crippen LogP) is 1.14. The van der Waals surface area contributed by atoms with Crippen LogP contribution in [0.15, 0.2) is 6.07 Å². The van der Waals surface area contributed by atoms with Gasteiger partial charge in [-0.2, -0.15) is 0 Å². The first kappa shape index (κ1) is 11.9. The zero-order valence-electron chi connectivity index (χ0n) is 10.0. The van der Waals surface area contributed by atoms with Crippen molar-refractivity contribution in [3.63, 3.8) is 0 Å². The fourth-order valence-electron chi connectivity index (χ4n) is 1.40. The van der Waals surface area contributed by atoms with Gasteiger partial charge in [-0.05, 0) is 26.5 Å². The predicted molar refractivity (Wildman–Crippen MR) is 63.3 cm³/mol. The third kappa shape index (κ3) is 3.83. The fraction of sp³-hybridized carbons (Fsp3) is 0.636. The molecular weight excluding hydrogens is 188 g/mol. The normalized spacial score (nSPS) is 10.4. The van der Waals surface area contributed by atoms with E-state index >= 15 is 0 Å². The molecule has 4 heteroatoms. The van der Waals surface area contributed by atoms with Crippen LogP contribution in [0.25, 0.3) is 0 Å². The van der Waals surface area contributed by atoms with Crippen LogP contribution in [0.1, 0.15) is 18.3 Å². The van der Waals surface area contributed by atoms with Crippen molar-refractivity contribution in [2.75, 3.05) is 31.6 Å². The van der Waals surface area contributed by atoms with Gasteiger partial charge in [-0.25, -0.2) is 9.97 Å². The average molecular weight is 208 g/mol. The van der Waals surface area contributed by atoms with Crippen LogP contribution in [-0.4, -0.2) is 36.6 Å². The van der Waals surface area contributed by atoms with Crippen LogP contribution in [0, 0.1) is 13.8 Å². The van der Waals surface area contributed by atoms with E-state index in [4.69, 9.17) is 0 Å². The molecule has 0 saturated heterocycles. The highest BCUT2D eigenvalue weighted by molar-refractivity contribution is 5.30. The van der Waals surface area contributed by atoms with Crippen LogP contribution in [0.4, 0.5) is 5.95 Å². The molecule has 0 aromatic carbocycles. The van der Waals surface area contributed by atoms with Crippen molar-refractivity contribution >= 4 is 5.95 Å². The molecule has 0 unspecified atom stereocenters. The van der Waals surface area contributed by atoms with Crippen LogP contribution in [0.3, 0.4) is 0 Å². The second-order valence-corrected chi connectivity index (χ2v) is 3.73. The lowest BCUT2D eigenvalue weighted by Crippen LogP contribution is -2.30. The zero-order valence-corrected chi connectivity index (χ0v) is 10.0. The molecule has 1 heterocycles. The summed E-state index contributed by atoms with van der Waals surface area (Å²) in [7, 11) is 2.02. The third-order valence-corrected chi connectivity index (χ3v) is 2.19. The molecule has 0 atom stereocenters. The summed E-state index contributed by atoms with van der Waals surface area (Å²) in [6, 6.07) is 1.99. The summed E-state index contributed by atoms with van der Waals surface area (Å²) in [5, 5.41) is 3.28. The molecule has 0 bridgehead atoms. The summed E-state index contributed by atoms with van der Waals surface area (Å²) in [6.45, 7) is 8.99. The van der Waals surface area contributed by atoms with Crippen LogP contribution in [0.2, 0.25) is 0 Å². The van der Waals surface area contributed by atoms with Gasteiger partial charge in [0.1, 0.15) is 0 Å². The van der Waals surface area contributed by atoms with E-state index in [1.54, 1.807) is 0 Å². The number of nitrogens with zero attached hydrogens (tertiary/aromatic N) is 3.